The molecule has 1 amide bonds. The van der Waals surface area contributed by atoms with E-state index in [-0.39, 0.29) is 23.8 Å². The van der Waals surface area contributed by atoms with E-state index in [0.717, 1.165) is 44.1 Å². The van der Waals surface area contributed by atoms with Crippen molar-refractivity contribution < 1.29 is 14.3 Å². The first-order valence-corrected chi connectivity index (χ1v) is 9.18. The number of carbonyl (C=O) groups excluding carboxylic acids is 2. The predicted molar refractivity (Wildman–Crippen MR) is 92.9 cm³/mol. The summed E-state index contributed by atoms with van der Waals surface area (Å²) in [5.74, 6) is -0.367. The zero-order valence-corrected chi connectivity index (χ0v) is 14.8. The van der Waals surface area contributed by atoms with Crippen LogP contribution >= 0.6 is 11.6 Å². The molecule has 3 rings (SSSR count). The monoisotopic (exact) mass is 349 g/mol. The van der Waals surface area contributed by atoms with Gasteiger partial charge in [0.05, 0.1) is 17.9 Å². The Kier molecular flexibility index (Phi) is 5.14. The van der Waals surface area contributed by atoms with Crippen LogP contribution < -0.4 is 5.32 Å². The minimum absolute atomic E-state index is 0.0334. The summed E-state index contributed by atoms with van der Waals surface area (Å²) >= 11 is 5.95. The van der Waals surface area contributed by atoms with Gasteiger partial charge in [-0.1, -0.05) is 36.6 Å². The summed E-state index contributed by atoms with van der Waals surface area (Å²) in [6.45, 7) is 2.19. The van der Waals surface area contributed by atoms with E-state index in [1.807, 2.05) is 31.2 Å². The van der Waals surface area contributed by atoms with Crippen LogP contribution in [0.3, 0.4) is 0 Å². The molecule has 2 saturated carbocycles. The van der Waals surface area contributed by atoms with E-state index >= 15 is 0 Å². The van der Waals surface area contributed by atoms with E-state index in [1.54, 1.807) is 0 Å². The minimum Gasteiger partial charge on any atom is -0.466 e. The molecule has 0 bridgehead atoms. The van der Waals surface area contributed by atoms with E-state index in [0.29, 0.717) is 11.6 Å². The van der Waals surface area contributed by atoms with Gasteiger partial charge in [0.2, 0.25) is 5.91 Å². The normalized spacial score (nSPS) is 24.9. The molecule has 1 aromatic carbocycles. The molecule has 0 radical (unpaired) electrons. The Balaban J connectivity index is 1.71. The number of nitrogens with one attached hydrogen (secondary N) is 1. The average molecular weight is 350 g/mol. The summed E-state index contributed by atoms with van der Waals surface area (Å²) in [5.41, 5.74) is 0.564. The van der Waals surface area contributed by atoms with Crippen molar-refractivity contribution in [1.82, 2.24) is 5.32 Å². The van der Waals surface area contributed by atoms with Crippen molar-refractivity contribution in [3.8, 4) is 0 Å². The number of esters is 1. The van der Waals surface area contributed by atoms with Crippen LogP contribution in [0.4, 0.5) is 0 Å². The van der Waals surface area contributed by atoms with Gasteiger partial charge in [-0.3, -0.25) is 9.59 Å². The van der Waals surface area contributed by atoms with Gasteiger partial charge in [0.15, 0.2) is 0 Å². The lowest BCUT2D eigenvalue weighted by atomic mass is 9.83. The SMILES string of the molecule is CCOC(=O)C1CCCCC1NC(=O)C1(c2ccc(Cl)cc2)CC1. The summed E-state index contributed by atoms with van der Waals surface area (Å²) in [6.07, 6.45) is 5.37. The topological polar surface area (TPSA) is 55.4 Å². The molecule has 2 aliphatic rings. The van der Waals surface area contributed by atoms with Crippen molar-refractivity contribution in [2.45, 2.75) is 56.9 Å². The molecule has 0 aromatic heterocycles. The number of hydrogen-bond acceptors (Lipinski definition) is 3. The molecular formula is C19H24ClNO3. The molecule has 2 atom stereocenters. The van der Waals surface area contributed by atoms with Gasteiger partial charge in [-0.25, -0.2) is 0 Å². The van der Waals surface area contributed by atoms with Crippen LogP contribution in [0.5, 0.6) is 0 Å². The van der Waals surface area contributed by atoms with Crippen LogP contribution in [0.1, 0.15) is 51.0 Å². The maximum Gasteiger partial charge on any atom is 0.311 e. The van der Waals surface area contributed by atoms with Gasteiger partial charge < -0.3 is 10.1 Å². The number of ether oxygens (including phenoxy) is 1. The lowest BCUT2D eigenvalue weighted by Gasteiger charge is -2.32. The molecule has 0 heterocycles. The molecule has 2 aliphatic carbocycles. The highest BCUT2D eigenvalue weighted by Crippen LogP contribution is 2.49. The summed E-state index contributed by atoms with van der Waals surface area (Å²) in [4.78, 5) is 25.1. The van der Waals surface area contributed by atoms with Crippen LogP contribution in [-0.4, -0.2) is 24.5 Å². The van der Waals surface area contributed by atoms with Gasteiger partial charge in [-0.05, 0) is 50.3 Å². The highest BCUT2D eigenvalue weighted by molar-refractivity contribution is 6.30. The number of hydrogen-bond donors (Lipinski definition) is 1. The van der Waals surface area contributed by atoms with E-state index in [1.165, 1.54) is 0 Å². The first-order chi connectivity index (χ1) is 11.6. The van der Waals surface area contributed by atoms with Gasteiger partial charge in [-0.15, -0.1) is 0 Å². The van der Waals surface area contributed by atoms with Gasteiger partial charge >= 0.3 is 5.97 Å². The van der Waals surface area contributed by atoms with E-state index in [2.05, 4.69) is 5.32 Å². The van der Waals surface area contributed by atoms with Gasteiger partial charge in [0.1, 0.15) is 0 Å². The standard InChI is InChI=1S/C19H24ClNO3/c1-2-24-17(22)15-5-3-4-6-16(15)21-18(23)19(11-12-19)13-7-9-14(20)10-8-13/h7-10,15-16H,2-6,11-12H2,1H3,(H,21,23). The Labute approximate surface area is 147 Å². The summed E-state index contributed by atoms with van der Waals surface area (Å²) in [5, 5.41) is 3.82. The Morgan fingerprint density at radius 1 is 1.21 bits per heavy atom. The second-order valence-corrected chi connectivity index (χ2v) is 7.25. The number of carbonyl (C=O) groups is 2. The van der Waals surface area contributed by atoms with Gasteiger partial charge in [0, 0.05) is 11.1 Å². The number of rotatable bonds is 5. The molecule has 0 saturated heterocycles. The third-order valence-electron chi connectivity index (χ3n) is 5.25. The molecule has 4 nitrogen and oxygen atoms in total. The van der Waals surface area contributed by atoms with Crippen LogP contribution in [-0.2, 0) is 19.7 Å². The lowest BCUT2D eigenvalue weighted by molar-refractivity contribution is -0.150. The summed E-state index contributed by atoms with van der Waals surface area (Å²) in [7, 11) is 0. The molecule has 2 fully saturated rings. The average Bonchev–Trinajstić information content (AvgIpc) is 3.38. The summed E-state index contributed by atoms with van der Waals surface area (Å²) < 4.78 is 5.19. The Hall–Kier alpha value is -1.55. The van der Waals surface area contributed by atoms with Crippen molar-refractivity contribution in [3.63, 3.8) is 0 Å². The minimum atomic E-state index is -0.443. The maximum absolute atomic E-state index is 12.9. The Bertz CT molecular complexity index is 610. The highest BCUT2D eigenvalue weighted by Gasteiger charge is 2.52. The first-order valence-electron chi connectivity index (χ1n) is 8.80. The molecule has 0 aliphatic heterocycles. The zero-order valence-electron chi connectivity index (χ0n) is 14.0. The van der Waals surface area contributed by atoms with E-state index < -0.39 is 5.41 Å². The molecule has 0 spiro atoms. The third kappa shape index (κ3) is 3.44. The molecule has 24 heavy (non-hydrogen) atoms. The number of halogens is 1. The smallest absolute Gasteiger partial charge is 0.311 e. The first kappa shape index (κ1) is 17.3. The fourth-order valence-electron chi connectivity index (χ4n) is 3.68. The van der Waals surface area contributed by atoms with E-state index in [4.69, 9.17) is 16.3 Å². The van der Waals surface area contributed by atoms with Crippen molar-refractivity contribution in [1.29, 1.82) is 0 Å². The largest absolute Gasteiger partial charge is 0.466 e. The third-order valence-corrected chi connectivity index (χ3v) is 5.51. The Morgan fingerprint density at radius 2 is 1.88 bits per heavy atom. The van der Waals surface area contributed by atoms with Crippen molar-refractivity contribution in [2.75, 3.05) is 6.61 Å². The quantitative estimate of drug-likeness (QED) is 0.826. The van der Waals surface area contributed by atoms with Crippen LogP contribution in [0.15, 0.2) is 24.3 Å². The fourth-order valence-corrected chi connectivity index (χ4v) is 3.81. The van der Waals surface area contributed by atoms with Gasteiger partial charge in [-0.2, -0.15) is 0 Å². The molecule has 5 heteroatoms. The molecule has 1 aromatic rings. The molecule has 130 valence electrons. The van der Waals surface area contributed by atoms with Gasteiger partial charge in [0.25, 0.3) is 0 Å². The van der Waals surface area contributed by atoms with Crippen molar-refractivity contribution in [3.05, 3.63) is 34.9 Å². The number of benzene rings is 1. The number of amides is 1. The van der Waals surface area contributed by atoms with Crippen LogP contribution in [0.2, 0.25) is 5.02 Å². The zero-order chi connectivity index (χ0) is 17.2. The maximum atomic E-state index is 12.9. The van der Waals surface area contributed by atoms with Crippen LogP contribution in [0, 0.1) is 5.92 Å². The lowest BCUT2D eigenvalue weighted by Crippen LogP contribution is -2.48. The summed E-state index contributed by atoms with van der Waals surface area (Å²) in [6, 6.07) is 7.39. The second-order valence-electron chi connectivity index (χ2n) is 6.81. The predicted octanol–water partition coefficient (Wildman–Crippen LogP) is 3.61. The highest BCUT2D eigenvalue weighted by atomic mass is 35.5. The molecule has 2 unspecified atom stereocenters. The van der Waals surface area contributed by atoms with Crippen molar-refractivity contribution in [2.24, 2.45) is 5.92 Å². The Morgan fingerprint density at radius 3 is 2.50 bits per heavy atom. The van der Waals surface area contributed by atoms with Crippen molar-refractivity contribution >= 4 is 23.5 Å². The second kappa shape index (κ2) is 7.14. The van der Waals surface area contributed by atoms with Crippen LogP contribution in [0.25, 0.3) is 0 Å². The fraction of sp³-hybridized carbons (Fsp3) is 0.579. The van der Waals surface area contributed by atoms with E-state index in [9.17, 15) is 9.59 Å². The molecule has 1 N–H and O–H groups in total. The molecular weight excluding hydrogens is 326 g/mol.